The van der Waals surface area contributed by atoms with Crippen LogP contribution in [0.3, 0.4) is 0 Å². The summed E-state index contributed by atoms with van der Waals surface area (Å²) in [6.45, 7) is 4.59. The van der Waals surface area contributed by atoms with E-state index in [1.807, 2.05) is 66.9 Å². The monoisotopic (exact) mass is 753 g/mol. The molecule has 59 heavy (non-hydrogen) atoms. The average molecular weight is 754 g/mol. The largest absolute Gasteiger partial charge is 0.256 e. The van der Waals surface area contributed by atoms with E-state index >= 15 is 0 Å². The highest BCUT2D eigenvalue weighted by molar-refractivity contribution is 6.23. The molecule has 0 saturated heterocycles. The number of hydrogen-bond donors (Lipinski definition) is 0. The Balaban J connectivity index is 1.08. The summed E-state index contributed by atoms with van der Waals surface area (Å²) in [5.74, 6) is 1.87. The highest BCUT2D eigenvalue weighted by atomic mass is 15.0. The summed E-state index contributed by atoms with van der Waals surface area (Å²) < 4.78 is 0. The van der Waals surface area contributed by atoms with Gasteiger partial charge in [-0.05, 0) is 103 Å². The van der Waals surface area contributed by atoms with Gasteiger partial charge in [-0.15, -0.1) is 0 Å². The summed E-state index contributed by atoms with van der Waals surface area (Å²) in [6, 6.07) is 61.3. The van der Waals surface area contributed by atoms with Crippen molar-refractivity contribution >= 4 is 32.4 Å². The predicted octanol–water partition coefficient (Wildman–Crippen LogP) is 13.2. The van der Waals surface area contributed by atoms with Crippen molar-refractivity contribution in [1.82, 2.24) is 19.9 Å². The van der Waals surface area contributed by atoms with Gasteiger partial charge in [-0.25, -0.2) is 15.0 Å². The first-order valence-corrected chi connectivity index (χ1v) is 19.9. The molecular formula is C54H35N5. The molecule has 0 amide bonds. The third-order valence-corrected chi connectivity index (χ3v) is 12.0. The van der Waals surface area contributed by atoms with Gasteiger partial charge in [-0.2, -0.15) is 5.26 Å². The smallest absolute Gasteiger partial charge is 0.164 e. The second-order valence-electron chi connectivity index (χ2n) is 15.8. The van der Waals surface area contributed by atoms with Gasteiger partial charge < -0.3 is 0 Å². The van der Waals surface area contributed by atoms with Gasteiger partial charge in [0.25, 0.3) is 0 Å². The molecule has 0 fully saturated rings. The van der Waals surface area contributed by atoms with Crippen LogP contribution >= 0.6 is 0 Å². The van der Waals surface area contributed by atoms with Gasteiger partial charge >= 0.3 is 0 Å². The Labute approximate surface area is 342 Å². The fraction of sp³-hybridized carbons (Fsp3) is 0.0556. The lowest BCUT2D eigenvalue weighted by Crippen LogP contribution is -2.15. The van der Waals surface area contributed by atoms with Crippen molar-refractivity contribution in [1.29, 1.82) is 5.26 Å². The van der Waals surface area contributed by atoms with Gasteiger partial charge in [0.15, 0.2) is 17.5 Å². The van der Waals surface area contributed by atoms with E-state index in [0.717, 1.165) is 71.4 Å². The van der Waals surface area contributed by atoms with E-state index in [-0.39, 0.29) is 5.41 Å². The summed E-state index contributed by atoms with van der Waals surface area (Å²) in [6.07, 6.45) is 1.87. The number of rotatable bonds is 5. The Hall–Kier alpha value is -7.81. The topological polar surface area (TPSA) is 75.3 Å². The number of aromatic nitrogens is 4. The number of benzene rings is 8. The molecule has 0 atom stereocenters. The first kappa shape index (κ1) is 34.4. The number of hydrogen-bond acceptors (Lipinski definition) is 5. The van der Waals surface area contributed by atoms with Crippen LogP contribution in [0.2, 0.25) is 0 Å². The Bertz CT molecular complexity index is 3360. The molecule has 2 aromatic heterocycles. The minimum absolute atomic E-state index is 0.151. The van der Waals surface area contributed by atoms with Crippen molar-refractivity contribution < 1.29 is 0 Å². The Morgan fingerprint density at radius 3 is 1.80 bits per heavy atom. The maximum Gasteiger partial charge on any atom is 0.164 e. The van der Waals surface area contributed by atoms with E-state index < -0.39 is 0 Å². The van der Waals surface area contributed by atoms with E-state index in [0.29, 0.717) is 23.0 Å². The number of nitriles is 1. The standard InChI is InChI=1S/C54H35N5/c1-54(2)48-20-9-8-18-41(48)42-26-25-38(29-49(42)54)53-58-51(35-12-4-3-5-13-35)57-52(59-53)37-15-10-14-36(28-37)45-31-46-40-17-7-6-16-39(40)44(34-23-21-33(32-55)22-24-34)30-47(46)43-19-11-27-56-50(43)45/h3-31H,1-2H3. The Kier molecular flexibility index (Phi) is 7.82. The molecular weight excluding hydrogens is 719 g/mol. The first-order valence-electron chi connectivity index (χ1n) is 19.9. The van der Waals surface area contributed by atoms with Crippen LogP contribution in [-0.2, 0) is 5.41 Å². The molecule has 0 bridgehead atoms. The normalized spacial score (nSPS) is 12.7. The molecule has 0 spiro atoms. The van der Waals surface area contributed by atoms with Crippen molar-refractivity contribution in [3.8, 4) is 73.6 Å². The molecule has 2 heterocycles. The fourth-order valence-corrected chi connectivity index (χ4v) is 9.03. The van der Waals surface area contributed by atoms with E-state index in [4.69, 9.17) is 19.9 Å². The van der Waals surface area contributed by atoms with Crippen LogP contribution < -0.4 is 0 Å². The highest BCUT2D eigenvalue weighted by Crippen LogP contribution is 2.49. The summed E-state index contributed by atoms with van der Waals surface area (Å²) >= 11 is 0. The number of fused-ring (bicyclic) bond motifs is 8. The zero-order valence-electron chi connectivity index (χ0n) is 32.5. The van der Waals surface area contributed by atoms with Crippen LogP contribution in [0.15, 0.2) is 176 Å². The molecule has 11 rings (SSSR count). The third-order valence-electron chi connectivity index (χ3n) is 12.0. The number of pyridine rings is 1. The van der Waals surface area contributed by atoms with Crippen LogP contribution in [0.4, 0.5) is 0 Å². The Morgan fingerprint density at radius 2 is 1.00 bits per heavy atom. The van der Waals surface area contributed by atoms with E-state index in [1.54, 1.807) is 0 Å². The average Bonchev–Trinajstić information content (AvgIpc) is 3.53. The molecule has 8 aromatic carbocycles. The van der Waals surface area contributed by atoms with E-state index in [2.05, 4.69) is 129 Å². The summed E-state index contributed by atoms with van der Waals surface area (Å²) in [4.78, 5) is 20.4. The van der Waals surface area contributed by atoms with Crippen molar-refractivity contribution in [2.75, 3.05) is 0 Å². The molecule has 0 unspecified atom stereocenters. The second kappa shape index (κ2) is 13.4. The van der Waals surface area contributed by atoms with Gasteiger partial charge in [0.2, 0.25) is 0 Å². The predicted molar refractivity (Wildman–Crippen MR) is 240 cm³/mol. The van der Waals surface area contributed by atoms with Gasteiger partial charge in [-0.1, -0.05) is 141 Å². The maximum atomic E-state index is 9.45. The van der Waals surface area contributed by atoms with Crippen LogP contribution in [-0.4, -0.2) is 19.9 Å². The molecule has 1 aliphatic carbocycles. The molecule has 0 saturated carbocycles. The van der Waals surface area contributed by atoms with Crippen molar-refractivity contribution in [2.24, 2.45) is 0 Å². The van der Waals surface area contributed by atoms with Gasteiger partial charge in [0, 0.05) is 39.3 Å². The third kappa shape index (κ3) is 5.61. The first-order chi connectivity index (χ1) is 28.9. The lowest BCUT2D eigenvalue weighted by molar-refractivity contribution is 0.660. The molecule has 0 radical (unpaired) electrons. The minimum atomic E-state index is -0.151. The van der Waals surface area contributed by atoms with E-state index in [1.165, 1.54) is 22.3 Å². The minimum Gasteiger partial charge on any atom is -0.256 e. The van der Waals surface area contributed by atoms with Crippen LogP contribution in [0, 0.1) is 11.3 Å². The van der Waals surface area contributed by atoms with Gasteiger partial charge in [0.1, 0.15) is 0 Å². The molecule has 0 N–H and O–H groups in total. The molecule has 1 aliphatic rings. The SMILES string of the molecule is CC1(C)c2ccccc2-c2ccc(-c3nc(-c4ccccc4)nc(-c4cccc(-c5cc6c7ccccc7c(-c7ccc(C#N)cc7)cc6c6cccnc56)c4)n3)cc21. The highest BCUT2D eigenvalue weighted by Gasteiger charge is 2.35. The fourth-order valence-electron chi connectivity index (χ4n) is 9.03. The van der Waals surface area contributed by atoms with Crippen molar-refractivity contribution in [3.63, 3.8) is 0 Å². The summed E-state index contributed by atoms with van der Waals surface area (Å²) in [5, 5.41) is 15.1. The number of nitrogens with zero attached hydrogens (tertiary/aromatic N) is 5. The maximum absolute atomic E-state index is 9.45. The molecule has 10 aromatic rings. The van der Waals surface area contributed by atoms with Gasteiger partial charge in [-0.3, -0.25) is 4.98 Å². The van der Waals surface area contributed by atoms with E-state index in [9.17, 15) is 5.26 Å². The molecule has 276 valence electrons. The summed E-state index contributed by atoms with van der Waals surface area (Å²) in [5.41, 5.74) is 13.6. The van der Waals surface area contributed by atoms with Crippen molar-refractivity contribution in [3.05, 3.63) is 193 Å². The van der Waals surface area contributed by atoms with Crippen LogP contribution in [0.1, 0.15) is 30.5 Å². The van der Waals surface area contributed by atoms with Gasteiger partial charge in [0.05, 0.1) is 17.1 Å². The summed E-state index contributed by atoms with van der Waals surface area (Å²) in [7, 11) is 0. The van der Waals surface area contributed by atoms with Crippen LogP contribution in [0.25, 0.3) is 100.0 Å². The molecule has 5 heteroatoms. The zero-order chi connectivity index (χ0) is 39.7. The zero-order valence-corrected chi connectivity index (χ0v) is 32.5. The lowest BCUT2D eigenvalue weighted by atomic mass is 9.82. The lowest BCUT2D eigenvalue weighted by Gasteiger charge is -2.21. The van der Waals surface area contributed by atoms with Crippen LogP contribution in [0.5, 0.6) is 0 Å². The Morgan fingerprint density at radius 1 is 0.407 bits per heavy atom. The molecule has 5 nitrogen and oxygen atoms in total. The second-order valence-corrected chi connectivity index (χ2v) is 15.8. The molecule has 0 aliphatic heterocycles. The van der Waals surface area contributed by atoms with Crippen molar-refractivity contribution in [2.45, 2.75) is 19.3 Å². The quantitative estimate of drug-likeness (QED) is 0.164.